The van der Waals surface area contributed by atoms with Gasteiger partial charge >= 0.3 is 0 Å². The van der Waals surface area contributed by atoms with E-state index in [9.17, 15) is 5.11 Å². The molecule has 0 fully saturated rings. The molecule has 0 bridgehead atoms. The van der Waals surface area contributed by atoms with Gasteiger partial charge in [-0.25, -0.2) is 0 Å². The van der Waals surface area contributed by atoms with E-state index in [2.05, 4.69) is 19.1 Å². The maximum Gasteiger partial charge on any atom is 0.121 e. The first-order chi connectivity index (χ1) is 9.24. The molecular weight excluding hydrogens is 234 g/mol. The van der Waals surface area contributed by atoms with Crippen molar-refractivity contribution < 1.29 is 5.11 Å². The van der Waals surface area contributed by atoms with Gasteiger partial charge in [-0.3, -0.25) is 0 Å². The largest absolute Gasteiger partial charge is 0.508 e. The molecule has 1 aromatic rings. The van der Waals surface area contributed by atoms with E-state index < -0.39 is 0 Å². The van der Waals surface area contributed by atoms with Crippen LogP contribution >= 0.6 is 0 Å². The first kappa shape index (κ1) is 14.0. The average Bonchev–Trinajstić information content (AvgIpc) is 2.63. The van der Waals surface area contributed by atoms with Gasteiger partial charge in [0.1, 0.15) is 5.75 Å². The molecule has 2 rings (SSSR count). The van der Waals surface area contributed by atoms with Crippen molar-refractivity contribution in [1.82, 2.24) is 0 Å². The molecule has 0 spiro atoms. The molecular formula is C17H25NO. The van der Waals surface area contributed by atoms with Crippen LogP contribution in [-0.4, -0.2) is 5.11 Å². The number of benzene rings is 1. The Labute approximate surface area is 116 Å². The highest BCUT2D eigenvalue weighted by Crippen LogP contribution is 2.34. The van der Waals surface area contributed by atoms with Crippen molar-refractivity contribution in [3.63, 3.8) is 0 Å². The van der Waals surface area contributed by atoms with E-state index in [-0.39, 0.29) is 0 Å². The fourth-order valence-corrected chi connectivity index (χ4v) is 2.81. The second kappa shape index (κ2) is 6.65. The Hall–Kier alpha value is -1.44. The van der Waals surface area contributed by atoms with Crippen molar-refractivity contribution in [3.8, 4) is 5.75 Å². The molecule has 0 atom stereocenters. The molecule has 0 unspecified atom stereocenters. The predicted octanol–water partition coefficient (Wildman–Crippen LogP) is 4.45. The Morgan fingerprint density at radius 3 is 2.89 bits per heavy atom. The van der Waals surface area contributed by atoms with Crippen molar-refractivity contribution in [2.75, 3.05) is 5.73 Å². The van der Waals surface area contributed by atoms with Crippen LogP contribution in [0, 0.1) is 0 Å². The SMILES string of the molecule is CCCCCCc1c(O)cc2c(c1N)C=CCCC2. The summed E-state index contributed by atoms with van der Waals surface area (Å²) in [5, 5.41) is 10.2. The van der Waals surface area contributed by atoms with E-state index >= 15 is 0 Å². The van der Waals surface area contributed by atoms with Crippen LogP contribution in [0.25, 0.3) is 6.08 Å². The minimum Gasteiger partial charge on any atom is -0.508 e. The molecule has 1 aliphatic rings. The molecule has 3 N–H and O–H groups in total. The van der Waals surface area contributed by atoms with Gasteiger partial charge < -0.3 is 10.8 Å². The van der Waals surface area contributed by atoms with Gasteiger partial charge in [0.25, 0.3) is 0 Å². The normalized spacial score (nSPS) is 14.2. The van der Waals surface area contributed by atoms with E-state index in [0.717, 1.165) is 48.9 Å². The van der Waals surface area contributed by atoms with Crippen LogP contribution in [0.1, 0.15) is 62.1 Å². The van der Waals surface area contributed by atoms with Gasteiger partial charge in [0.05, 0.1) is 0 Å². The van der Waals surface area contributed by atoms with Crippen molar-refractivity contribution in [2.45, 2.75) is 58.3 Å². The van der Waals surface area contributed by atoms with Crippen molar-refractivity contribution >= 4 is 11.8 Å². The standard InChI is InChI=1S/C17H25NO/c1-2-3-4-7-11-15-16(19)12-13-9-6-5-8-10-14(13)17(15)18/h8,10,12,19H,2-7,9,11,18H2,1H3. The topological polar surface area (TPSA) is 46.2 Å². The molecule has 1 aromatic carbocycles. The fraction of sp³-hybridized carbons (Fsp3) is 0.529. The number of allylic oxidation sites excluding steroid dienone is 1. The zero-order valence-corrected chi connectivity index (χ0v) is 11.9. The molecule has 19 heavy (non-hydrogen) atoms. The summed E-state index contributed by atoms with van der Waals surface area (Å²) in [6.45, 7) is 2.21. The lowest BCUT2D eigenvalue weighted by molar-refractivity contribution is 0.466. The lowest BCUT2D eigenvalue weighted by atomic mass is 9.95. The summed E-state index contributed by atoms with van der Waals surface area (Å²) in [5.41, 5.74) is 10.4. The van der Waals surface area contributed by atoms with Gasteiger partial charge in [-0.05, 0) is 43.7 Å². The van der Waals surface area contributed by atoms with Crippen molar-refractivity contribution in [3.05, 3.63) is 28.8 Å². The third-order valence-corrected chi connectivity index (χ3v) is 3.96. The highest BCUT2D eigenvalue weighted by atomic mass is 16.3. The number of phenols is 1. The Balaban J connectivity index is 2.21. The molecule has 2 heteroatoms. The number of phenolic OH excluding ortho intramolecular Hbond substituents is 1. The summed E-state index contributed by atoms with van der Waals surface area (Å²) in [5.74, 6) is 0.392. The molecule has 104 valence electrons. The van der Waals surface area contributed by atoms with E-state index in [1.54, 1.807) is 0 Å². The molecule has 0 heterocycles. The fourth-order valence-electron chi connectivity index (χ4n) is 2.81. The number of aryl methyl sites for hydroxylation is 1. The average molecular weight is 259 g/mol. The van der Waals surface area contributed by atoms with Crippen LogP contribution in [0.2, 0.25) is 0 Å². The lowest BCUT2D eigenvalue weighted by Gasteiger charge is -2.15. The van der Waals surface area contributed by atoms with E-state index in [1.807, 2.05) is 6.07 Å². The molecule has 0 aromatic heterocycles. The maximum atomic E-state index is 10.2. The highest BCUT2D eigenvalue weighted by molar-refractivity contribution is 5.74. The number of anilines is 1. The minimum absolute atomic E-state index is 0.392. The number of nitrogens with two attached hydrogens (primary N) is 1. The number of unbranched alkanes of at least 4 members (excludes halogenated alkanes) is 3. The summed E-state index contributed by atoms with van der Waals surface area (Å²) in [4.78, 5) is 0. The summed E-state index contributed by atoms with van der Waals surface area (Å²) in [7, 11) is 0. The molecule has 0 saturated heterocycles. The molecule has 1 aliphatic carbocycles. The first-order valence-corrected chi connectivity index (χ1v) is 7.53. The van der Waals surface area contributed by atoms with Gasteiger partial charge in [-0.2, -0.15) is 0 Å². The number of nitrogen functional groups attached to an aromatic ring is 1. The van der Waals surface area contributed by atoms with Gasteiger partial charge in [0.15, 0.2) is 0 Å². The molecule has 0 amide bonds. The number of rotatable bonds is 5. The third-order valence-electron chi connectivity index (χ3n) is 3.96. The number of fused-ring (bicyclic) bond motifs is 1. The third kappa shape index (κ3) is 3.31. The zero-order valence-electron chi connectivity index (χ0n) is 11.9. The van der Waals surface area contributed by atoms with Crippen LogP contribution < -0.4 is 5.73 Å². The second-order valence-corrected chi connectivity index (χ2v) is 5.47. The Morgan fingerprint density at radius 2 is 2.11 bits per heavy atom. The van der Waals surface area contributed by atoms with Crippen molar-refractivity contribution in [1.29, 1.82) is 0 Å². The highest BCUT2D eigenvalue weighted by Gasteiger charge is 2.14. The predicted molar refractivity (Wildman–Crippen MR) is 82.3 cm³/mol. The number of hydrogen-bond acceptors (Lipinski definition) is 2. The molecule has 0 aliphatic heterocycles. The van der Waals surface area contributed by atoms with Crippen LogP contribution in [0.3, 0.4) is 0 Å². The van der Waals surface area contributed by atoms with Crippen LogP contribution in [0.15, 0.2) is 12.1 Å². The van der Waals surface area contributed by atoms with E-state index in [4.69, 9.17) is 5.73 Å². The van der Waals surface area contributed by atoms with Gasteiger partial charge in [0.2, 0.25) is 0 Å². The first-order valence-electron chi connectivity index (χ1n) is 7.53. The van der Waals surface area contributed by atoms with Gasteiger partial charge in [-0.1, -0.05) is 38.3 Å². The van der Waals surface area contributed by atoms with E-state index in [1.165, 1.54) is 24.8 Å². The summed E-state index contributed by atoms with van der Waals surface area (Å²) < 4.78 is 0. The molecule has 0 radical (unpaired) electrons. The lowest BCUT2D eigenvalue weighted by Crippen LogP contribution is -2.02. The van der Waals surface area contributed by atoms with Gasteiger partial charge in [0, 0.05) is 16.8 Å². The Kier molecular flexibility index (Phi) is 4.89. The number of hydrogen-bond donors (Lipinski definition) is 2. The summed E-state index contributed by atoms with van der Waals surface area (Å²) in [6.07, 6.45) is 13.3. The van der Waals surface area contributed by atoms with Crippen LogP contribution in [0.4, 0.5) is 5.69 Å². The molecule has 0 saturated carbocycles. The summed E-state index contributed by atoms with van der Waals surface area (Å²) in [6, 6.07) is 1.93. The smallest absolute Gasteiger partial charge is 0.121 e. The maximum absolute atomic E-state index is 10.2. The Morgan fingerprint density at radius 1 is 1.26 bits per heavy atom. The quantitative estimate of drug-likeness (QED) is 0.606. The van der Waals surface area contributed by atoms with E-state index in [0.29, 0.717) is 5.75 Å². The minimum atomic E-state index is 0.392. The van der Waals surface area contributed by atoms with Crippen LogP contribution in [-0.2, 0) is 12.8 Å². The zero-order chi connectivity index (χ0) is 13.7. The monoisotopic (exact) mass is 259 g/mol. The number of aromatic hydroxyl groups is 1. The summed E-state index contributed by atoms with van der Waals surface area (Å²) >= 11 is 0. The Bertz CT molecular complexity index is 463. The molecule has 2 nitrogen and oxygen atoms in total. The van der Waals surface area contributed by atoms with Crippen molar-refractivity contribution in [2.24, 2.45) is 0 Å². The van der Waals surface area contributed by atoms with Gasteiger partial charge in [-0.15, -0.1) is 0 Å². The van der Waals surface area contributed by atoms with Crippen LogP contribution in [0.5, 0.6) is 5.75 Å². The second-order valence-electron chi connectivity index (χ2n) is 5.47.